The molecule has 1 aromatic rings. The van der Waals surface area contributed by atoms with Crippen LogP contribution in [0.2, 0.25) is 0 Å². The molecule has 1 aliphatic rings. The van der Waals surface area contributed by atoms with Crippen molar-refractivity contribution >= 4 is 0 Å². The fourth-order valence-electron chi connectivity index (χ4n) is 2.59. The molecule has 0 aromatic heterocycles. The van der Waals surface area contributed by atoms with Gasteiger partial charge in [-0.3, -0.25) is 0 Å². The molecule has 2 N–H and O–H groups in total. The van der Waals surface area contributed by atoms with Crippen LogP contribution in [0.4, 0.5) is 0 Å². The van der Waals surface area contributed by atoms with Crippen LogP contribution in [0.1, 0.15) is 30.7 Å². The lowest BCUT2D eigenvalue weighted by Gasteiger charge is -2.16. The maximum atomic E-state index is 9.72. The van der Waals surface area contributed by atoms with Crippen LogP contribution in [0.15, 0.2) is 30.3 Å². The molecule has 1 aliphatic carbocycles. The van der Waals surface area contributed by atoms with Gasteiger partial charge in [0, 0.05) is 13.1 Å². The fourth-order valence-corrected chi connectivity index (χ4v) is 2.59. The van der Waals surface area contributed by atoms with Crippen molar-refractivity contribution < 1.29 is 5.11 Å². The average molecular weight is 244 g/mol. The summed E-state index contributed by atoms with van der Waals surface area (Å²) in [6, 6.07) is 12.2. The minimum atomic E-state index is -0.158. The van der Waals surface area contributed by atoms with E-state index >= 15 is 0 Å². The van der Waals surface area contributed by atoms with Crippen molar-refractivity contribution in [3.05, 3.63) is 35.9 Å². The largest absolute Gasteiger partial charge is 0.393 e. The maximum Gasteiger partial charge on any atom is 0.0837 e. The summed E-state index contributed by atoms with van der Waals surface area (Å²) in [4.78, 5) is 0. The van der Waals surface area contributed by atoms with Crippen LogP contribution in [0.3, 0.4) is 0 Å². The normalized spacial score (nSPS) is 24.7. The molecule has 0 bridgehead atoms. The summed E-state index contributed by atoms with van der Waals surface area (Å²) in [7, 11) is 0. The molecule has 1 aromatic carbocycles. The third-order valence-corrected chi connectivity index (χ3v) is 3.73. The Hall–Kier alpha value is -1.37. The lowest BCUT2D eigenvalue weighted by molar-refractivity contribution is 0.131. The Labute approximate surface area is 108 Å². The van der Waals surface area contributed by atoms with E-state index in [1.807, 2.05) is 30.3 Å². The molecular weight excluding hydrogens is 224 g/mol. The highest BCUT2D eigenvalue weighted by atomic mass is 16.3. The molecule has 1 saturated carbocycles. The Morgan fingerprint density at radius 3 is 2.72 bits per heavy atom. The smallest absolute Gasteiger partial charge is 0.0837 e. The number of rotatable bonds is 5. The van der Waals surface area contributed by atoms with Crippen LogP contribution < -0.4 is 5.32 Å². The molecule has 1 fully saturated rings. The third-order valence-electron chi connectivity index (χ3n) is 3.73. The zero-order valence-corrected chi connectivity index (χ0v) is 10.5. The first-order valence-electron chi connectivity index (χ1n) is 6.64. The van der Waals surface area contributed by atoms with Gasteiger partial charge in [0.05, 0.1) is 18.1 Å². The number of hydrogen-bond donors (Lipinski definition) is 2. The number of nitriles is 1. The summed E-state index contributed by atoms with van der Waals surface area (Å²) in [6.45, 7) is 1.47. The standard InChI is InChI=1S/C15H20N2O/c16-9-14(12-5-2-1-3-6-12)11-17-10-13-7-4-8-15(13)18/h1-3,5-6,13-15,17-18H,4,7-8,10-11H2. The van der Waals surface area contributed by atoms with Crippen molar-refractivity contribution in [2.45, 2.75) is 31.3 Å². The van der Waals surface area contributed by atoms with Crippen LogP contribution in [-0.2, 0) is 0 Å². The predicted molar refractivity (Wildman–Crippen MR) is 71.0 cm³/mol. The summed E-state index contributed by atoms with van der Waals surface area (Å²) in [5.74, 6) is 0.255. The van der Waals surface area contributed by atoms with Gasteiger partial charge in [-0.25, -0.2) is 0 Å². The first-order valence-corrected chi connectivity index (χ1v) is 6.64. The highest BCUT2D eigenvalue weighted by Gasteiger charge is 2.24. The molecule has 0 radical (unpaired) electrons. The van der Waals surface area contributed by atoms with Gasteiger partial charge >= 0.3 is 0 Å². The monoisotopic (exact) mass is 244 g/mol. The highest BCUT2D eigenvalue weighted by molar-refractivity contribution is 5.24. The molecule has 2 rings (SSSR count). The second-order valence-electron chi connectivity index (χ2n) is 5.01. The molecule has 0 aliphatic heterocycles. The maximum absolute atomic E-state index is 9.72. The summed E-state index contributed by atoms with van der Waals surface area (Å²) in [5, 5.41) is 22.2. The second kappa shape index (κ2) is 6.53. The van der Waals surface area contributed by atoms with E-state index in [9.17, 15) is 10.4 Å². The first-order chi connectivity index (χ1) is 8.81. The van der Waals surface area contributed by atoms with Crippen LogP contribution >= 0.6 is 0 Å². The minimum Gasteiger partial charge on any atom is -0.393 e. The zero-order chi connectivity index (χ0) is 12.8. The highest BCUT2D eigenvalue weighted by Crippen LogP contribution is 2.24. The predicted octanol–water partition coefficient (Wildman–Crippen LogP) is 2.04. The molecule has 0 amide bonds. The number of nitrogens with zero attached hydrogens (tertiary/aromatic N) is 1. The van der Waals surface area contributed by atoms with Crippen molar-refractivity contribution in [1.82, 2.24) is 5.32 Å². The van der Waals surface area contributed by atoms with Gasteiger partial charge in [0.15, 0.2) is 0 Å². The SMILES string of the molecule is N#CC(CNCC1CCCC1O)c1ccccc1. The topological polar surface area (TPSA) is 56.0 Å². The summed E-state index contributed by atoms with van der Waals surface area (Å²) >= 11 is 0. The van der Waals surface area contributed by atoms with Crippen molar-refractivity contribution in [3.63, 3.8) is 0 Å². The van der Waals surface area contributed by atoms with E-state index in [0.29, 0.717) is 12.5 Å². The lowest BCUT2D eigenvalue weighted by atomic mass is 10.00. The molecule has 18 heavy (non-hydrogen) atoms. The van der Waals surface area contributed by atoms with Gasteiger partial charge in [-0.15, -0.1) is 0 Å². The van der Waals surface area contributed by atoms with Crippen LogP contribution in [0.25, 0.3) is 0 Å². The van der Waals surface area contributed by atoms with E-state index in [1.165, 1.54) is 0 Å². The Kier molecular flexibility index (Phi) is 4.74. The molecular formula is C15H20N2O. The van der Waals surface area contributed by atoms with E-state index in [1.54, 1.807) is 0 Å². The molecule has 0 spiro atoms. The van der Waals surface area contributed by atoms with Crippen molar-refractivity contribution in [1.29, 1.82) is 5.26 Å². The molecule has 0 heterocycles. The average Bonchev–Trinajstić information content (AvgIpc) is 2.81. The van der Waals surface area contributed by atoms with Crippen molar-refractivity contribution in [2.24, 2.45) is 5.92 Å². The summed E-state index contributed by atoms with van der Waals surface area (Å²) < 4.78 is 0. The number of aliphatic hydroxyl groups is 1. The molecule has 0 saturated heterocycles. The van der Waals surface area contributed by atoms with Gasteiger partial charge in [-0.05, 0) is 24.3 Å². The van der Waals surface area contributed by atoms with E-state index in [2.05, 4.69) is 11.4 Å². The third kappa shape index (κ3) is 3.32. The Bertz CT molecular complexity index is 399. The van der Waals surface area contributed by atoms with Crippen LogP contribution in [0, 0.1) is 17.2 Å². The number of hydrogen-bond acceptors (Lipinski definition) is 3. The molecule has 3 nitrogen and oxygen atoms in total. The van der Waals surface area contributed by atoms with Crippen LogP contribution in [-0.4, -0.2) is 24.3 Å². The number of nitrogens with one attached hydrogen (secondary N) is 1. The van der Waals surface area contributed by atoms with Gasteiger partial charge in [-0.1, -0.05) is 36.8 Å². The van der Waals surface area contributed by atoms with E-state index < -0.39 is 0 Å². The lowest BCUT2D eigenvalue weighted by Crippen LogP contribution is -2.30. The van der Waals surface area contributed by atoms with Gasteiger partial charge in [0.1, 0.15) is 0 Å². The number of benzene rings is 1. The molecule has 3 atom stereocenters. The van der Waals surface area contributed by atoms with Gasteiger partial charge < -0.3 is 10.4 Å². The molecule has 3 heteroatoms. The summed E-state index contributed by atoms with van der Waals surface area (Å²) in [5.41, 5.74) is 1.06. The van der Waals surface area contributed by atoms with Gasteiger partial charge in [0.2, 0.25) is 0 Å². The van der Waals surface area contributed by atoms with E-state index in [0.717, 1.165) is 31.4 Å². The van der Waals surface area contributed by atoms with Crippen molar-refractivity contribution in [2.75, 3.05) is 13.1 Å². The second-order valence-corrected chi connectivity index (χ2v) is 5.01. The Morgan fingerprint density at radius 2 is 2.11 bits per heavy atom. The van der Waals surface area contributed by atoms with Crippen molar-refractivity contribution in [3.8, 4) is 6.07 Å². The Morgan fingerprint density at radius 1 is 1.33 bits per heavy atom. The Balaban J connectivity index is 1.80. The van der Waals surface area contributed by atoms with E-state index in [-0.39, 0.29) is 12.0 Å². The zero-order valence-electron chi connectivity index (χ0n) is 10.5. The fraction of sp³-hybridized carbons (Fsp3) is 0.533. The molecule has 96 valence electrons. The molecule has 3 unspecified atom stereocenters. The summed E-state index contributed by atoms with van der Waals surface area (Å²) in [6.07, 6.45) is 2.98. The van der Waals surface area contributed by atoms with Crippen LogP contribution in [0.5, 0.6) is 0 Å². The minimum absolute atomic E-state index is 0.107. The van der Waals surface area contributed by atoms with E-state index in [4.69, 9.17) is 0 Å². The first kappa shape index (κ1) is 13.1. The number of aliphatic hydroxyl groups excluding tert-OH is 1. The van der Waals surface area contributed by atoms with Gasteiger partial charge in [-0.2, -0.15) is 5.26 Å². The van der Waals surface area contributed by atoms with Gasteiger partial charge in [0.25, 0.3) is 0 Å². The quantitative estimate of drug-likeness (QED) is 0.833.